The molecule has 4 rings (SSSR count). The molecule has 0 saturated heterocycles. The van der Waals surface area contributed by atoms with E-state index in [4.69, 9.17) is 0 Å². The van der Waals surface area contributed by atoms with Crippen molar-refractivity contribution in [3.8, 4) is 17.5 Å². The number of amides is 1. The maximum Gasteiger partial charge on any atom is 0.235 e. The molecule has 0 bridgehead atoms. The molecule has 164 valence electrons. The van der Waals surface area contributed by atoms with E-state index in [2.05, 4.69) is 41.2 Å². The quantitative estimate of drug-likeness (QED) is 0.383. The zero-order valence-corrected chi connectivity index (χ0v) is 19.9. The molecule has 0 spiro atoms. The standard InChI is InChI=1S/C24H25N5OS2/c1-4-10-29-22(17-7-5-6-15(2)11-17)27-28-24(29)31-14-21(30)26-23-19(13-25)18-9-8-16(3)12-20(18)32-23/h4-7,11,16H,1,8-10,12,14H2,2-3H3,(H,26,30). The first-order valence-electron chi connectivity index (χ1n) is 10.6. The molecule has 1 aromatic carbocycles. The summed E-state index contributed by atoms with van der Waals surface area (Å²) in [5, 5.41) is 22.6. The number of allylic oxidation sites excluding steroid dienone is 1. The van der Waals surface area contributed by atoms with E-state index in [-0.39, 0.29) is 11.7 Å². The third-order valence-electron chi connectivity index (χ3n) is 5.51. The fourth-order valence-electron chi connectivity index (χ4n) is 3.94. The summed E-state index contributed by atoms with van der Waals surface area (Å²) in [7, 11) is 0. The predicted octanol–water partition coefficient (Wildman–Crippen LogP) is 5.23. The second kappa shape index (κ2) is 9.72. The fraction of sp³-hybridized carbons (Fsp3) is 0.333. The Morgan fingerprint density at radius 1 is 1.47 bits per heavy atom. The molecule has 0 saturated carbocycles. The van der Waals surface area contributed by atoms with Gasteiger partial charge in [0.2, 0.25) is 5.91 Å². The first-order valence-corrected chi connectivity index (χ1v) is 12.4. The van der Waals surface area contributed by atoms with Gasteiger partial charge in [-0.05, 0) is 43.7 Å². The average Bonchev–Trinajstić information content (AvgIpc) is 3.32. The van der Waals surface area contributed by atoms with Gasteiger partial charge in [0.05, 0.1) is 11.3 Å². The summed E-state index contributed by atoms with van der Waals surface area (Å²) in [6, 6.07) is 10.4. The number of hydrogen-bond acceptors (Lipinski definition) is 6. The zero-order chi connectivity index (χ0) is 22.7. The minimum absolute atomic E-state index is 0.150. The molecule has 1 aliphatic carbocycles. The van der Waals surface area contributed by atoms with Crippen LogP contribution in [0, 0.1) is 24.2 Å². The van der Waals surface area contributed by atoms with Crippen LogP contribution in [-0.4, -0.2) is 26.4 Å². The van der Waals surface area contributed by atoms with E-state index in [1.54, 1.807) is 17.4 Å². The molecule has 1 atom stereocenters. The number of anilines is 1. The van der Waals surface area contributed by atoms with Crippen molar-refractivity contribution in [3.63, 3.8) is 0 Å². The largest absolute Gasteiger partial charge is 0.316 e. The first kappa shape index (κ1) is 22.3. The molecule has 32 heavy (non-hydrogen) atoms. The van der Waals surface area contributed by atoms with Crippen LogP contribution >= 0.6 is 23.1 Å². The summed E-state index contributed by atoms with van der Waals surface area (Å²) in [5.41, 5.74) is 3.87. The van der Waals surface area contributed by atoms with Gasteiger partial charge in [-0.3, -0.25) is 9.36 Å². The van der Waals surface area contributed by atoms with Crippen LogP contribution in [0.2, 0.25) is 0 Å². The lowest BCUT2D eigenvalue weighted by Gasteiger charge is -2.17. The number of hydrogen-bond donors (Lipinski definition) is 1. The topological polar surface area (TPSA) is 83.6 Å². The SMILES string of the molecule is C=CCn1c(SCC(=O)Nc2sc3c(c2C#N)CCC(C)C3)nnc1-c1cccc(C)c1. The van der Waals surface area contributed by atoms with Gasteiger partial charge in [0.1, 0.15) is 11.1 Å². The zero-order valence-electron chi connectivity index (χ0n) is 18.2. The van der Waals surface area contributed by atoms with Crippen LogP contribution in [0.3, 0.4) is 0 Å². The van der Waals surface area contributed by atoms with Crippen molar-refractivity contribution in [3.05, 3.63) is 58.5 Å². The number of nitrogens with zero attached hydrogens (tertiary/aromatic N) is 4. The van der Waals surface area contributed by atoms with E-state index < -0.39 is 0 Å². The molecule has 1 aliphatic rings. The molecule has 1 unspecified atom stereocenters. The maximum absolute atomic E-state index is 12.7. The summed E-state index contributed by atoms with van der Waals surface area (Å²) in [6.07, 6.45) is 4.77. The molecule has 1 N–H and O–H groups in total. The van der Waals surface area contributed by atoms with E-state index >= 15 is 0 Å². The molecule has 8 heteroatoms. The number of aryl methyl sites for hydroxylation is 1. The van der Waals surface area contributed by atoms with Gasteiger partial charge in [0, 0.05) is 17.0 Å². The van der Waals surface area contributed by atoms with Gasteiger partial charge in [0.15, 0.2) is 11.0 Å². The van der Waals surface area contributed by atoms with Crippen LogP contribution in [0.5, 0.6) is 0 Å². The molecule has 0 radical (unpaired) electrons. The number of aromatic nitrogens is 3. The minimum Gasteiger partial charge on any atom is -0.316 e. The van der Waals surface area contributed by atoms with Crippen molar-refractivity contribution in [1.82, 2.24) is 14.8 Å². The number of nitrogens with one attached hydrogen (secondary N) is 1. The molecule has 2 aromatic heterocycles. The van der Waals surface area contributed by atoms with Crippen molar-refractivity contribution in [2.24, 2.45) is 5.92 Å². The molecule has 1 amide bonds. The van der Waals surface area contributed by atoms with Crippen LogP contribution in [0.4, 0.5) is 5.00 Å². The number of carbonyl (C=O) groups is 1. The second-order valence-corrected chi connectivity index (χ2v) is 10.1. The van der Waals surface area contributed by atoms with Gasteiger partial charge in [-0.2, -0.15) is 5.26 Å². The molecular weight excluding hydrogens is 438 g/mol. The van der Waals surface area contributed by atoms with Crippen molar-refractivity contribution in [1.29, 1.82) is 5.26 Å². The van der Waals surface area contributed by atoms with Gasteiger partial charge in [0.25, 0.3) is 0 Å². The number of nitriles is 1. The summed E-state index contributed by atoms with van der Waals surface area (Å²) >= 11 is 2.88. The Bertz CT molecular complexity index is 1200. The molecular formula is C24H25N5OS2. The van der Waals surface area contributed by atoms with E-state index in [1.165, 1.54) is 16.6 Å². The molecule has 3 aromatic rings. The van der Waals surface area contributed by atoms with E-state index in [9.17, 15) is 10.1 Å². The number of benzene rings is 1. The fourth-order valence-corrected chi connectivity index (χ4v) is 6.06. The van der Waals surface area contributed by atoms with E-state index in [0.717, 1.165) is 41.8 Å². The smallest absolute Gasteiger partial charge is 0.235 e. The molecule has 6 nitrogen and oxygen atoms in total. The summed E-state index contributed by atoms with van der Waals surface area (Å²) in [5.74, 6) is 1.41. The minimum atomic E-state index is -0.150. The van der Waals surface area contributed by atoms with Gasteiger partial charge >= 0.3 is 0 Å². The molecule has 0 fully saturated rings. The number of thiophene rings is 1. The lowest BCUT2D eigenvalue weighted by Crippen LogP contribution is -2.15. The van der Waals surface area contributed by atoms with Gasteiger partial charge in [-0.1, -0.05) is 48.5 Å². The van der Waals surface area contributed by atoms with E-state index in [1.807, 2.05) is 29.7 Å². The Morgan fingerprint density at radius 3 is 3.06 bits per heavy atom. The van der Waals surface area contributed by atoms with Gasteiger partial charge in [-0.15, -0.1) is 28.1 Å². The highest BCUT2D eigenvalue weighted by molar-refractivity contribution is 7.99. The van der Waals surface area contributed by atoms with Crippen LogP contribution in [0.25, 0.3) is 11.4 Å². The lowest BCUT2D eigenvalue weighted by atomic mass is 9.89. The normalized spacial score (nSPS) is 15.1. The Balaban J connectivity index is 1.48. The monoisotopic (exact) mass is 463 g/mol. The highest BCUT2D eigenvalue weighted by atomic mass is 32.2. The Hall–Kier alpha value is -2.89. The van der Waals surface area contributed by atoms with Gasteiger partial charge in [-0.25, -0.2) is 0 Å². The van der Waals surface area contributed by atoms with Crippen molar-refractivity contribution in [2.75, 3.05) is 11.1 Å². The summed E-state index contributed by atoms with van der Waals surface area (Å²) in [4.78, 5) is 13.9. The van der Waals surface area contributed by atoms with Crippen LogP contribution in [-0.2, 0) is 24.2 Å². The number of thioether (sulfide) groups is 1. The average molecular weight is 464 g/mol. The number of carbonyl (C=O) groups excluding carboxylic acids is 1. The third-order valence-corrected chi connectivity index (χ3v) is 7.65. The van der Waals surface area contributed by atoms with Gasteiger partial charge < -0.3 is 5.32 Å². The predicted molar refractivity (Wildman–Crippen MR) is 130 cm³/mol. The second-order valence-electron chi connectivity index (χ2n) is 8.08. The van der Waals surface area contributed by atoms with Crippen LogP contribution < -0.4 is 5.32 Å². The molecule has 2 heterocycles. The summed E-state index contributed by atoms with van der Waals surface area (Å²) in [6.45, 7) is 8.66. The van der Waals surface area contributed by atoms with Crippen LogP contribution in [0.1, 0.15) is 34.9 Å². The number of fused-ring (bicyclic) bond motifs is 1. The maximum atomic E-state index is 12.7. The summed E-state index contributed by atoms with van der Waals surface area (Å²) < 4.78 is 1.96. The lowest BCUT2D eigenvalue weighted by molar-refractivity contribution is -0.113. The third kappa shape index (κ3) is 4.64. The van der Waals surface area contributed by atoms with Crippen LogP contribution in [0.15, 0.2) is 42.1 Å². The Morgan fingerprint density at radius 2 is 2.31 bits per heavy atom. The van der Waals surface area contributed by atoms with Crippen molar-refractivity contribution < 1.29 is 4.79 Å². The first-order chi connectivity index (χ1) is 15.5. The van der Waals surface area contributed by atoms with Crippen molar-refractivity contribution >= 4 is 34.0 Å². The van der Waals surface area contributed by atoms with Crippen molar-refractivity contribution in [2.45, 2.75) is 44.8 Å². The highest BCUT2D eigenvalue weighted by Gasteiger charge is 2.25. The highest BCUT2D eigenvalue weighted by Crippen LogP contribution is 2.39. The molecule has 0 aliphatic heterocycles. The Labute approximate surface area is 196 Å². The number of rotatable bonds is 7. The Kier molecular flexibility index (Phi) is 6.77. The van der Waals surface area contributed by atoms with E-state index in [0.29, 0.717) is 28.2 Å².